The molecule has 1 aromatic rings. The molecule has 1 heterocycles. The van der Waals surface area contributed by atoms with Crippen molar-refractivity contribution in [2.45, 2.75) is 18.9 Å². The predicted molar refractivity (Wildman–Crippen MR) is 51.4 cm³/mol. The van der Waals surface area contributed by atoms with Crippen LogP contribution in [0.2, 0.25) is 0 Å². The zero-order valence-electron chi connectivity index (χ0n) is 8.27. The molecular weight excluding hydrogens is 198 g/mol. The molecule has 1 N–H and O–H groups in total. The molecule has 1 aliphatic rings. The predicted octanol–water partition coefficient (Wildman–Crippen LogP) is 1.33. The largest absolute Gasteiger partial charge is 0.489 e. The van der Waals surface area contributed by atoms with Gasteiger partial charge < -0.3 is 14.6 Å². The van der Waals surface area contributed by atoms with Crippen molar-refractivity contribution in [1.82, 2.24) is 4.98 Å². The maximum absolute atomic E-state index is 11.0. The Bertz CT molecular complexity index is 387. The van der Waals surface area contributed by atoms with Gasteiger partial charge in [-0.25, -0.2) is 9.78 Å². The number of rotatable bonds is 4. The Hall–Kier alpha value is -1.78. The van der Waals surface area contributed by atoms with Crippen LogP contribution in [0, 0.1) is 0 Å². The second-order valence-corrected chi connectivity index (χ2v) is 3.32. The molecule has 0 bridgehead atoms. The van der Waals surface area contributed by atoms with Crippen molar-refractivity contribution in [3.63, 3.8) is 0 Å². The minimum atomic E-state index is -1.09. The molecular formula is C10H11NO4. The number of hydrogen-bond donors (Lipinski definition) is 1. The fourth-order valence-electron chi connectivity index (χ4n) is 1.24. The molecule has 0 saturated heterocycles. The number of aromatic carboxylic acids is 1. The first-order valence-corrected chi connectivity index (χ1v) is 4.65. The smallest absolute Gasteiger partial charge is 0.345 e. The Kier molecular flexibility index (Phi) is 2.45. The second kappa shape index (κ2) is 3.76. The summed E-state index contributed by atoms with van der Waals surface area (Å²) in [5.74, 6) is -0.673. The van der Waals surface area contributed by atoms with E-state index in [-0.39, 0.29) is 17.5 Å². The van der Waals surface area contributed by atoms with Crippen LogP contribution in [-0.2, 0) is 0 Å². The first-order chi connectivity index (χ1) is 7.22. The Morgan fingerprint density at radius 2 is 2.33 bits per heavy atom. The summed E-state index contributed by atoms with van der Waals surface area (Å²) in [6, 6.07) is 1.55. The average Bonchev–Trinajstić information content (AvgIpc) is 3.01. The molecule has 2 rings (SSSR count). The van der Waals surface area contributed by atoms with Crippen LogP contribution >= 0.6 is 0 Å². The second-order valence-electron chi connectivity index (χ2n) is 3.32. The molecule has 0 amide bonds. The number of pyridine rings is 1. The molecule has 1 saturated carbocycles. The van der Waals surface area contributed by atoms with Crippen molar-refractivity contribution >= 4 is 5.97 Å². The molecule has 1 aromatic heterocycles. The van der Waals surface area contributed by atoms with Crippen molar-refractivity contribution < 1.29 is 19.4 Å². The highest BCUT2D eigenvalue weighted by atomic mass is 16.5. The zero-order valence-corrected chi connectivity index (χ0v) is 8.27. The topological polar surface area (TPSA) is 68.7 Å². The van der Waals surface area contributed by atoms with Crippen LogP contribution in [0.25, 0.3) is 0 Å². The summed E-state index contributed by atoms with van der Waals surface area (Å²) in [6.07, 6.45) is 3.58. The lowest BCUT2D eigenvalue weighted by Crippen LogP contribution is -2.07. The van der Waals surface area contributed by atoms with Gasteiger partial charge in [0.05, 0.1) is 13.2 Å². The Morgan fingerprint density at radius 1 is 1.60 bits per heavy atom. The van der Waals surface area contributed by atoms with E-state index in [1.54, 1.807) is 6.07 Å². The quantitative estimate of drug-likeness (QED) is 0.810. The minimum absolute atomic E-state index is 0.00750. The summed E-state index contributed by atoms with van der Waals surface area (Å²) in [6.45, 7) is 0. The molecule has 0 aliphatic heterocycles. The molecule has 1 fully saturated rings. The fraction of sp³-hybridized carbons (Fsp3) is 0.400. The lowest BCUT2D eigenvalue weighted by molar-refractivity contribution is 0.0687. The van der Waals surface area contributed by atoms with Crippen LogP contribution in [0.15, 0.2) is 12.3 Å². The van der Waals surface area contributed by atoms with Gasteiger partial charge in [-0.3, -0.25) is 0 Å². The van der Waals surface area contributed by atoms with Crippen LogP contribution < -0.4 is 9.47 Å². The van der Waals surface area contributed by atoms with Crippen molar-refractivity contribution in [2.75, 3.05) is 7.11 Å². The van der Waals surface area contributed by atoms with Gasteiger partial charge in [0.2, 0.25) is 5.88 Å². The average molecular weight is 209 g/mol. The molecule has 0 radical (unpaired) electrons. The highest BCUT2D eigenvalue weighted by Gasteiger charge is 2.27. The molecule has 0 atom stereocenters. The number of carboxylic acids is 1. The fourth-order valence-corrected chi connectivity index (χ4v) is 1.24. The van der Waals surface area contributed by atoms with Gasteiger partial charge in [-0.2, -0.15) is 0 Å². The van der Waals surface area contributed by atoms with E-state index in [0.717, 1.165) is 12.8 Å². The van der Waals surface area contributed by atoms with Gasteiger partial charge in [-0.15, -0.1) is 0 Å². The number of methoxy groups -OCH3 is 1. The molecule has 0 aromatic carbocycles. The highest BCUT2D eigenvalue weighted by molar-refractivity contribution is 5.93. The van der Waals surface area contributed by atoms with E-state index in [9.17, 15) is 4.79 Å². The number of carbonyl (C=O) groups is 1. The summed E-state index contributed by atoms with van der Waals surface area (Å²) >= 11 is 0. The lowest BCUT2D eigenvalue weighted by atomic mass is 10.2. The normalized spacial score (nSPS) is 14.7. The van der Waals surface area contributed by atoms with Crippen LogP contribution in [0.4, 0.5) is 0 Å². The highest BCUT2D eigenvalue weighted by Crippen LogP contribution is 2.32. The maximum Gasteiger partial charge on any atom is 0.345 e. The van der Waals surface area contributed by atoms with Gasteiger partial charge in [-0.1, -0.05) is 0 Å². The van der Waals surface area contributed by atoms with Crippen molar-refractivity contribution in [3.8, 4) is 11.6 Å². The van der Waals surface area contributed by atoms with Crippen molar-refractivity contribution in [1.29, 1.82) is 0 Å². The lowest BCUT2D eigenvalue weighted by Gasteiger charge is -2.09. The number of aromatic nitrogens is 1. The van der Waals surface area contributed by atoms with Gasteiger partial charge in [0.25, 0.3) is 0 Å². The van der Waals surface area contributed by atoms with Crippen LogP contribution in [0.3, 0.4) is 0 Å². The van der Waals surface area contributed by atoms with E-state index >= 15 is 0 Å². The number of carboxylic acid groups (broad SMARTS) is 1. The summed E-state index contributed by atoms with van der Waals surface area (Å²) in [5, 5.41) is 9.01. The molecule has 5 nitrogen and oxygen atoms in total. The molecule has 1 aliphatic carbocycles. The molecule has 0 spiro atoms. The number of ether oxygens (including phenoxy) is 2. The van der Waals surface area contributed by atoms with E-state index in [0.29, 0.717) is 5.75 Å². The van der Waals surface area contributed by atoms with E-state index < -0.39 is 5.97 Å². The van der Waals surface area contributed by atoms with Gasteiger partial charge in [-0.05, 0) is 18.9 Å². The molecule has 5 heteroatoms. The van der Waals surface area contributed by atoms with E-state index in [4.69, 9.17) is 14.6 Å². The van der Waals surface area contributed by atoms with Crippen molar-refractivity contribution in [3.05, 3.63) is 17.8 Å². The van der Waals surface area contributed by atoms with Gasteiger partial charge in [0, 0.05) is 6.20 Å². The van der Waals surface area contributed by atoms with Crippen molar-refractivity contribution in [2.24, 2.45) is 0 Å². The number of hydrogen-bond acceptors (Lipinski definition) is 4. The number of nitrogens with zero attached hydrogens (tertiary/aromatic N) is 1. The third kappa shape index (κ3) is 2.01. The maximum atomic E-state index is 11.0. The van der Waals surface area contributed by atoms with Crippen LogP contribution in [-0.4, -0.2) is 29.3 Å². The third-order valence-corrected chi connectivity index (χ3v) is 2.10. The monoisotopic (exact) mass is 209 g/mol. The summed E-state index contributed by atoms with van der Waals surface area (Å²) in [5.41, 5.74) is -0.00750. The van der Waals surface area contributed by atoms with Gasteiger partial charge in [0.15, 0.2) is 5.56 Å². The SMILES string of the molecule is COc1nccc(OC2CC2)c1C(=O)O. The van der Waals surface area contributed by atoms with Crippen LogP contribution in [0.1, 0.15) is 23.2 Å². The first kappa shape index (κ1) is 9.76. The van der Waals surface area contributed by atoms with E-state index in [1.807, 2.05) is 0 Å². The van der Waals surface area contributed by atoms with Gasteiger partial charge >= 0.3 is 5.97 Å². The first-order valence-electron chi connectivity index (χ1n) is 4.65. The summed E-state index contributed by atoms with van der Waals surface area (Å²) in [7, 11) is 1.38. The minimum Gasteiger partial charge on any atom is -0.489 e. The summed E-state index contributed by atoms with van der Waals surface area (Å²) in [4.78, 5) is 14.8. The molecule has 15 heavy (non-hydrogen) atoms. The zero-order chi connectivity index (χ0) is 10.8. The molecule has 80 valence electrons. The standard InChI is InChI=1S/C10H11NO4/c1-14-9-8(10(12)13)7(4-5-11-9)15-6-2-3-6/h4-6H,2-3H2,1H3,(H,12,13). The van der Waals surface area contributed by atoms with E-state index in [2.05, 4.69) is 4.98 Å². The summed E-state index contributed by atoms with van der Waals surface area (Å²) < 4.78 is 10.3. The third-order valence-electron chi connectivity index (χ3n) is 2.10. The Labute approximate surface area is 86.7 Å². The van der Waals surface area contributed by atoms with Crippen LogP contribution in [0.5, 0.6) is 11.6 Å². The molecule has 0 unspecified atom stereocenters. The van der Waals surface area contributed by atoms with Gasteiger partial charge in [0.1, 0.15) is 5.75 Å². The Morgan fingerprint density at radius 3 is 2.87 bits per heavy atom. The Balaban J connectivity index is 2.37. The van der Waals surface area contributed by atoms with E-state index in [1.165, 1.54) is 13.3 Å².